The number of rotatable bonds is 6. The maximum absolute atomic E-state index is 13.8. The molecule has 2 heterocycles. The van der Waals surface area contributed by atoms with Crippen molar-refractivity contribution in [2.24, 2.45) is 5.73 Å². The van der Waals surface area contributed by atoms with Crippen LogP contribution in [-0.4, -0.2) is 33.8 Å². The van der Waals surface area contributed by atoms with Gasteiger partial charge in [-0.1, -0.05) is 17.7 Å². The number of halogens is 3. The van der Waals surface area contributed by atoms with E-state index in [0.29, 0.717) is 20.2 Å². The zero-order valence-corrected chi connectivity index (χ0v) is 20.0. The third kappa shape index (κ3) is 4.62. The first-order valence-electron chi connectivity index (χ1n) is 10.1. The molecule has 0 aliphatic heterocycles. The molecule has 10 nitrogen and oxygen atoms in total. The maximum Gasteiger partial charge on any atom is 0.351 e. The number of hydrogen-bond donors (Lipinski definition) is 1. The number of benzene rings is 2. The summed E-state index contributed by atoms with van der Waals surface area (Å²) in [5, 5.41) is -0.293. The lowest BCUT2D eigenvalue weighted by atomic mass is 10.2. The Morgan fingerprint density at radius 2 is 1.81 bits per heavy atom. The molecule has 0 radical (unpaired) electrons. The van der Waals surface area contributed by atoms with Gasteiger partial charge in [0.25, 0.3) is 5.56 Å². The smallest absolute Gasteiger partial charge is 0.351 e. The highest BCUT2D eigenvalue weighted by atomic mass is 35.5. The summed E-state index contributed by atoms with van der Waals surface area (Å²) in [4.78, 5) is 37.1. The van der Waals surface area contributed by atoms with Crippen LogP contribution in [0.3, 0.4) is 0 Å². The van der Waals surface area contributed by atoms with E-state index in [2.05, 4.69) is 0 Å². The van der Waals surface area contributed by atoms with Gasteiger partial charge >= 0.3 is 11.7 Å². The number of nitrogens with two attached hydrogens (primary N) is 1. The summed E-state index contributed by atoms with van der Waals surface area (Å²) in [6.07, 6.45) is 2.17. The minimum absolute atomic E-state index is 0.0233. The molecule has 2 N–H and O–H groups in total. The molecule has 0 aliphatic rings. The second-order valence-corrected chi connectivity index (χ2v) is 9.97. The topological polar surface area (TPSA) is 135 Å². The van der Waals surface area contributed by atoms with Gasteiger partial charge in [0.2, 0.25) is 10.0 Å². The number of carbonyl (C=O) groups excluding carboxylic acids is 1. The molecule has 2 aromatic heterocycles. The van der Waals surface area contributed by atoms with Crippen LogP contribution in [0.2, 0.25) is 5.02 Å². The number of primary amides is 1. The van der Waals surface area contributed by atoms with E-state index in [9.17, 15) is 31.6 Å². The van der Waals surface area contributed by atoms with Crippen LogP contribution in [-0.2, 0) is 23.2 Å². The largest absolute Gasteiger partial charge is 0.487 e. The van der Waals surface area contributed by atoms with Gasteiger partial charge in [-0.3, -0.25) is 4.79 Å². The van der Waals surface area contributed by atoms with Gasteiger partial charge in [-0.15, -0.1) is 0 Å². The average molecular weight is 539 g/mol. The van der Waals surface area contributed by atoms with Gasteiger partial charge in [-0.05, 0) is 35.9 Å². The Morgan fingerprint density at radius 3 is 2.44 bits per heavy atom. The van der Waals surface area contributed by atoms with Crippen LogP contribution < -0.4 is 21.7 Å². The lowest BCUT2D eigenvalue weighted by Gasteiger charge is -2.12. The number of carbonyl (C=O) groups is 1. The summed E-state index contributed by atoms with van der Waals surface area (Å²) in [6, 6.07) is 7.32. The van der Waals surface area contributed by atoms with Crippen molar-refractivity contribution in [2.45, 2.75) is 13.2 Å². The van der Waals surface area contributed by atoms with E-state index in [1.165, 1.54) is 41.1 Å². The first-order chi connectivity index (χ1) is 16.9. The SMILES string of the molecule is CS(=O)(=O)n1c(=O)n(C(N)=O)c2cc(Cn3ccc(OCc4ccc(F)cc4F)c(Cl)c3=O)ccc21. The number of imidazole rings is 1. The summed E-state index contributed by atoms with van der Waals surface area (Å²) in [5.41, 5.74) is 3.83. The Kier molecular flexibility index (Phi) is 6.45. The van der Waals surface area contributed by atoms with E-state index in [0.717, 1.165) is 12.3 Å². The minimum Gasteiger partial charge on any atom is -0.487 e. The van der Waals surface area contributed by atoms with Crippen molar-refractivity contribution >= 4 is 38.7 Å². The second kappa shape index (κ2) is 9.24. The summed E-state index contributed by atoms with van der Waals surface area (Å²) < 4.78 is 58.6. The zero-order valence-electron chi connectivity index (χ0n) is 18.4. The Morgan fingerprint density at radius 1 is 1.08 bits per heavy atom. The lowest BCUT2D eigenvalue weighted by molar-refractivity contribution is 0.250. The van der Waals surface area contributed by atoms with E-state index in [1.807, 2.05) is 0 Å². The van der Waals surface area contributed by atoms with Crippen LogP contribution in [0.4, 0.5) is 13.6 Å². The standard InChI is InChI=1S/C22H17ClF2N4O6S/c1-36(33,34)29-16-5-2-12(8-17(16)28(21(26)31)22(29)32)10-27-7-6-18(19(23)20(27)30)35-11-13-3-4-14(24)9-15(13)25/h2-9H,10-11H2,1H3,(H2,26,31). The van der Waals surface area contributed by atoms with Gasteiger partial charge in [0, 0.05) is 17.8 Å². The molecular formula is C22H17ClF2N4O6S. The quantitative estimate of drug-likeness (QED) is 0.400. The molecule has 0 bridgehead atoms. The van der Waals surface area contributed by atoms with E-state index in [-0.39, 0.29) is 40.5 Å². The number of nitrogens with zero attached hydrogens (tertiary/aromatic N) is 3. The van der Waals surface area contributed by atoms with Crippen LogP contribution in [0.15, 0.2) is 58.3 Å². The fraction of sp³-hybridized carbons (Fsp3) is 0.136. The average Bonchev–Trinajstić information content (AvgIpc) is 3.09. The number of pyridine rings is 1. The van der Waals surface area contributed by atoms with Gasteiger partial charge in [-0.2, -0.15) is 3.97 Å². The third-order valence-corrected chi connectivity index (χ3v) is 6.60. The Labute approximate surface area is 206 Å². The highest BCUT2D eigenvalue weighted by Crippen LogP contribution is 2.23. The van der Waals surface area contributed by atoms with E-state index >= 15 is 0 Å². The van der Waals surface area contributed by atoms with Crippen molar-refractivity contribution in [1.29, 1.82) is 0 Å². The van der Waals surface area contributed by atoms with Crippen molar-refractivity contribution in [2.75, 3.05) is 6.26 Å². The zero-order chi connectivity index (χ0) is 26.4. The molecule has 4 rings (SSSR count). The molecule has 0 aliphatic carbocycles. The summed E-state index contributed by atoms with van der Waals surface area (Å²) in [7, 11) is -4.05. The molecule has 36 heavy (non-hydrogen) atoms. The molecule has 1 amide bonds. The van der Waals surface area contributed by atoms with Crippen LogP contribution in [0, 0.1) is 11.6 Å². The molecule has 0 spiro atoms. The molecule has 0 atom stereocenters. The predicted molar refractivity (Wildman–Crippen MR) is 127 cm³/mol. The Hall–Kier alpha value is -3.97. The van der Waals surface area contributed by atoms with Gasteiger partial charge in [0.15, 0.2) is 0 Å². The molecule has 0 saturated heterocycles. The maximum atomic E-state index is 13.8. The molecule has 0 fully saturated rings. The van der Waals surface area contributed by atoms with E-state index in [4.69, 9.17) is 22.1 Å². The first-order valence-corrected chi connectivity index (χ1v) is 12.3. The van der Waals surface area contributed by atoms with Crippen LogP contribution in [0.5, 0.6) is 5.75 Å². The summed E-state index contributed by atoms with van der Waals surface area (Å²) in [5.74, 6) is -1.57. The third-order valence-electron chi connectivity index (χ3n) is 5.24. The minimum atomic E-state index is -4.05. The fourth-order valence-corrected chi connectivity index (χ4v) is 4.71. The van der Waals surface area contributed by atoms with Crippen LogP contribution >= 0.6 is 11.6 Å². The highest BCUT2D eigenvalue weighted by Gasteiger charge is 2.22. The number of hydrogen-bond acceptors (Lipinski definition) is 6. The van der Waals surface area contributed by atoms with Crippen molar-refractivity contribution in [1.82, 2.24) is 13.1 Å². The molecule has 2 aromatic carbocycles. The van der Waals surface area contributed by atoms with Crippen molar-refractivity contribution in [3.8, 4) is 5.75 Å². The van der Waals surface area contributed by atoms with Gasteiger partial charge in [0.05, 0.1) is 23.8 Å². The van der Waals surface area contributed by atoms with Gasteiger partial charge < -0.3 is 15.0 Å². The van der Waals surface area contributed by atoms with E-state index in [1.54, 1.807) is 0 Å². The Balaban J connectivity index is 1.66. The number of aromatic nitrogens is 3. The predicted octanol–water partition coefficient (Wildman–Crippen LogP) is 2.26. The normalized spacial score (nSPS) is 11.7. The van der Waals surface area contributed by atoms with Crippen molar-refractivity contribution in [3.63, 3.8) is 0 Å². The molecule has 0 saturated carbocycles. The molecule has 14 heteroatoms. The molecule has 0 unspecified atom stereocenters. The molecular weight excluding hydrogens is 522 g/mol. The fourth-order valence-electron chi connectivity index (χ4n) is 3.61. The van der Waals surface area contributed by atoms with Crippen LogP contribution in [0.1, 0.15) is 11.1 Å². The molecule has 188 valence electrons. The molecule has 4 aromatic rings. The number of fused-ring (bicyclic) bond motifs is 1. The number of amides is 1. The van der Waals surface area contributed by atoms with Crippen molar-refractivity contribution < 1.29 is 26.7 Å². The monoisotopic (exact) mass is 538 g/mol. The summed E-state index contributed by atoms with van der Waals surface area (Å²) in [6.45, 7) is -0.369. The summed E-state index contributed by atoms with van der Waals surface area (Å²) >= 11 is 6.14. The second-order valence-electron chi connectivity index (χ2n) is 7.76. The first kappa shape index (κ1) is 25.1. The lowest BCUT2D eigenvalue weighted by Crippen LogP contribution is -2.35. The van der Waals surface area contributed by atoms with E-state index < -0.39 is 38.9 Å². The van der Waals surface area contributed by atoms with Crippen LogP contribution in [0.25, 0.3) is 11.0 Å². The Bertz CT molecular complexity index is 1760. The van der Waals surface area contributed by atoms with Gasteiger partial charge in [0.1, 0.15) is 29.0 Å². The van der Waals surface area contributed by atoms with Crippen molar-refractivity contribution in [3.05, 3.63) is 97.3 Å². The highest BCUT2D eigenvalue weighted by molar-refractivity contribution is 7.89. The number of ether oxygens (including phenoxy) is 1. The van der Waals surface area contributed by atoms with Gasteiger partial charge in [-0.25, -0.2) is 31.4 Å².